The van der Waals surface area contributed by atoms with E-state index >= 15 is 0 Å². The van der Waals surface area contributed by atoms with E-state index in [1.54, 1.807) is 0 Å². The Morgan fingerprint density at radius 2 is 1.43 bits per heavy atom. The second-order valence-corrected chi connectivity index (χ2v) is 6.61. The van der Waals surface area contributed by atoms with Crippen molar-refractivity contribution >= 4 is 5.78 Å². The molecule has 1 aliphatic carbocycles. The first-order valence-electron chi connectivity index (χ1n) is 9.43. The number of hydrogen-bond acceptors (Lipinski definition) is 2. The van der Waals surface area contributed by atoms with Gasteiger partial charge in [-0.3, -0.25) is 4.79 Å². The summed E-state index contributed by atoms with van der Waals surface area (Å²) in [4.78, 5) is 12.1. The number of ketones is 1. The molecule has 0 spiro atoms. The van der Waals surface area contributed by atoms with Gasteiger partial charge in [-0.05, 0) is 32.1 Å². The molecule has 0 radical (unpaired) electrons. The van der Waals surface area contributed by atoms with Gasteiger partial charge in [-0.25, -0.2) is 0 Å². The second-order valence-electron chi connectivity index (χ2n) is 6.61. The van der Waals surface area contributed by atoms with Crippen LogP contribution >= 0.6 is 0 Å². The van der Waals surface area contributed by atoms with E-state index < -0.39 is 0 Å². The summed E-state index contributed by atoms with van der Waals surface area (Å²) in [5.41, 5.74) is 0. The van der Waals surface area contributed by atoms with Crippen LogP contribution in [0.5, 0.6) is 0 Å². The Hall–Kier alpha value is -0.370. The average molecular weight is 296 g/mol. The highest BCUT2D eigenvalue weighted by molar-refractivity contribution is 5.83. The minimum atomic E-state index is -0.0754. The summed E-state index contributed by atoms with van der Waals surface area (Å²) >= 11 is 0. The van der Waals surface area contributed by atoms with E-state index in [1.807, 2.05) is 6.92 Å². The minimum Gasteiger partial charge on any atom is -0.370 e. The summed E-state index contributed by atoms with van der Waals surface area (Å²) in [6.45, 7) is 4.93. The fourth-order valence-corrected chi connectivity index (χ4v) is 3.00. The van der Waals surface area contributed by atoms with E-state index in [4.69, 9.17) is 4.74 Å². The maximum absolute atomic E-state index is 12.1. The van der Waals surface area contributed by atoms with Crippen molar-refractivity contribution in [1.82, 2.24) is 0 Å². The quantitative estimate of drug-likeness (QED) is 0.363. The lowest BCUT2D eigenvalue weighted by atomic mass is 10.0. The Balaban J connectivity index is 1.90. The molecule has 1 fully saturated rings. The molecular formula is C19H36O2. The molecule has 0 bridgehead atoms. The number of carbonyl (C=O) groups excluding carboxylic acids is 1. The fourth-order valence-electron chi connectivity index (χ4n) is 3.00. The van der Waals surface area contributed by atoms with Crippen LogP contribution in [0, 0.1) is 5.92 Å². The molecule has 21 heavy (non-hydrogen) atoms. The third-order valence-corrected chi connectivity index (χ3v) is 4.49. The smallest absolute Gasteiger partial charge is 0.161 e. The summed E-state index contributed by atoms with van der Waals surface area (Å²) < 4.78 is 5.62. The van der Waals surface area contributed by atoms with Crippen molar-refractivity contribution in [3.8, 4) is 0 Å². The zero-order valence-electron chi connectivity index (χ0n) is 14.4. The maximum Gasteiger partial charge on any atom is 0.161 e. The van der Waals surface area contributed by atoms with Gasteiger partial charge in [-0.2, -0.15) is 0 Å². The van der Waals surface area contributed by atoms with E-state index in [2.05, 4.69) is 6.92 Å². The van der Waals surface area contributed by atoms with Gasteiger partial charge in [0.1, 0.15) is 6.10 Å². The van der Waals surface area contributed by atoms with E-state index in [1.165, 1.54) is 70.6 Å². The highest BCUT2D eigenvalue weighted by Crippen LogP contribution is 2.35. The van der Waals surface area contributed by atoms with E-state index in [0.29, 0.717) is 18.3 Å². The van der Waals surface area contributed by atoms with Gasteiger partial charge in [0, 0.05) is 13.0 Å². The largest absolute Gasteiger partial charge is 0.370 e. The van der Waals surface area contributed by atoms with Gasteiger partial charge in [0.25, 0.3) is 0 Å². The topological polar surface area (TPSA) is 26.3 Å². The van der Waals surface area contributed by atoms with Crippen LogP contribution in [-0.4, -0.2) is 18.5 Å². The summed E-state index contributed by atoms with van der Waals surface area (Å²) in [5.74, 6) is 0.902. The first-order valence-corrected chi connectivity index (χ1v) is 9.43. The van der Waals surface area contributed by atoms with Gasteiger partial charge in [0.2, 0.25) is 0 Å². The van der Waals surface area contributed by atoms with Crippen LogP contribution in [0.2, 0.25) is 0 Å². The van der Waals surface area contributed by atoms with E-state index in [-0.39, 0.29) is 6.10 Å². The molecule has 0 aromatic rings. The third kappa shape index (κ3) is 9.29. The molecule has 1 saturated carbocycles. The molecule has 0 aliphatic heterocycles. The van der Waals surface area contributed by atoms with Crippen LogP contribution in [0.15, 0.2) is 0 Å². The van der Waals surface area contributed by atoms with Gasteiger partial charge in [0.15, 0.2) is 5.78 Å². The third-order valence-electron chi connectivity index (χ3n) is 4.49. The van der Waals surface area contributed by atoms with Gasteiger partial charge in [-0.1, -0.05) is 64.7 Å². The lowest BCUT2D eigenvalue weighted by Gasteiger charge is -2.14. The van der Waals surface area contributed by atoms with Crippen molar-refractivity contribution < 1.29 is 9.53 Å². The molecule has 2 nitrogen and oxygen atoms in total. The summed E-state index contributed by atoms with van der Waals surface area (Å²) in [6, 6.07) is 0. The first kappa shape index (κ1) is 18.7. The highest BCUT2D eigenvalue weighted by atomic mass is 16.5. The van der Waals surface area contributed by atoms with Crippen LogP contribution < -0.4 is 0 Å². The van der Waals surface area contributed by atoms with Crippen molar-refractivity contribution in [1.29, 1.82) is 0 Å². The first-order chi connectivity index (χ1) is 10.3. The second kappa shape index (κ2) is 12.2. The molecule has 0 heterocycles. The minimum absolute atomic E-state index is 0.0754. The Labute approximate surface area is 132 Å². The molecule has 124 valence electrons. The standard InChI is InChI=1S/C19H36O2/c1-3-5-6-7-8-9-10-11-12-13-14-18(20)19(21-4-2)17-15-16-17/h17,19H,3-16H2,1-2H3. The number of carbonyl (C=O) groups is 1. The molecule has 0 aromatic carbocycles. The Morgan fingerprint density at radius 3 is 1.90 bits per heavy atom. The van der Waals surface area contributed by atoms with Crippen LogP contribution in [-0.2, 0) is 9.53 Å². The Morgan fingerprint density at radius 1 is 0.905 bits per heavy atom. The predicted octanol–water partition coefficient (Wildman–Crippen LogP) is 5.68. The van der Waals surface area contributed by atoms with Gasteiger partial charge < -0.3 is 4.74 Å². The molecule has 0 saturated heterocycles. The molecule has 1 atom stereocenters. The van der Waals surface area contributed by atoms with Crippen molar-refractivity contribution in [3.05, 3.63) is 0 Å². The molecule has 0 N–H and O–H groups in total. The van der Waals surface area contributed by atoms with Crippen molar-refractivity contribution in [3.63, 3.8) is 0 Å². The molecule has 0 aromatic heterocycles. The van der Waals surface area contributed by atoms with Gasteiger partial charge in [0.05, 0.1) is 0 Å². The molecule has 1 aliphatic rings. The number of rotatable bonds is 15. The zero-order chi connectivity index (χ0) is 15.3. The van der Waals surface area contributed by atoms with Crippen LogP contribution in [0.1, 0.15) is 97.3 Å². The Bertz CT molecular complexity index is 258. The van der Waals surface area contributed by atoms with Crippen LogP contribution in [0.4, 0.5) is 0 Å². The highest BCUT2D eigenvalue weighted by Gasteiger charge is 2.35. The van der Waals surface area contributed by atoms with Crippen molar-refractivity contribution in [2.45, 2.75) is 103 Å². The number of Topliss-reactive ketones (excluding diaryl/α,β-unsaturated/α-hetero) is 1. The summed E-state index contributed by atoms with van der Waals surface area (Å²) in [7, 11) is 0. The number of hydrogen-bond donors (Lipinski definition) is 0. The molecule has 1 unspecified atom stereocenters. The molecular weight excluding hydrogens is 260 g/mol. The molecule has 1 rings (SSSR count). The number of unbranched alkanes of at least 4 members (excludes halogenated alkanes) is 9. The Kier molecular flexibility index (Phi) is 10.9. The monoisotopic (exact) mass is 296 g/mol. The normalized spacial score (nSPS) is 16.1. The average Bonchev–Trinajstić information content (AvgIpc) is 3.31. The van der Waals surface area contributed by atoms with Crippen LogP contribution in [0.25, 0.3) is 0 Å². The van der Waals surface area contributed by atoms with Crippen molar-refractivity contribution in [2.24, 2.45) is 5.92 Å². The lowest BCUT2D eigenvalue weighted by molar-refractivity contribution is -0.131. The number of ether oxygens (including phenoxy) is 1. The van der Waals surface area contributed by atoms with Gasteiger partial charge in [-0.15, -0.1) is 0 Å². The van der Waals surface area contributed by atoms with E-state index in [0.717, 1.165) is 12.8 Å². The SMILES string of the molecule is CCCCCCCCCCCCC(=O)C(OCC)C1CC1. The maximum atomic E-state index is 12.1. The fraction of sp³-hybridized carbons (Fsp3) is 0.947. The molecule has 2 heteroatoms. The summed E-state index contributed by atoms with van der Waals surface area (Å²) in [5, 5.41) is 0. The van der Waals surface area contributed by atoms with Crippen LogP contribution in [0.3, 0.4) is 0 Å². The van der Waals surface area contributed by atoms with E-state index in [9.17, 15) is 4.79 Å². The summed E-state index contributed by atoms with van der Waals surface area (Å²) in [6.07, 6.45) is 16.3. The predicted molar refractivity (Wildman–Crippen MR) is 89.6 cm³/mol. The molecule has 0 amide bonds. The van der Waals surface area contributed by atoms with Gasteiger partial charge >= 0.3 is 0 Å². The van der Waals surface area contributed by atoms with Crippen molar-refractivity contribution in [2.75, 3.05) is 6.61 Å². The zero-order valence-corrected chi connectivity index (χ0v) is 14.4. The lowest BCUT2D eigenvalue weighted by Crippen LogP contribution is -2.26.